The Kier molecular flexibility index (Phi) is 3.98. The molecule has 0 aliphatic heterocycles. The van der Waals surface area contributed by atoms with Crippen LogP contribution in [-0.4, -0.2) is 24.8 Å². The molecule has 0 fully saturated rings. The number of halogens is 2. The Bertz CT molecular complexity index is 517. The average molecular weight is 363 g/mol. The van der Waals surface area contributed by atoms with Gasteiger partial charge in [-0.25, -0.2) is 4.68 Å². The Labute approximate surface area is 116 Å². The van der Waals surface area contributed by atoms with E-state index in [0.29, 0.717) is 6.54 Å². The van der Waals surface area contributed by atoms with Gasteiger partial charge >= 0.3 is 0 Å². The van der Waals surface area contributed by atoms with Crippen LogP contribution in [0.25, 0.3) is 0 Å². The summed E-state index contributed by atoms with van der Waals surface area (Å²) >= 11 is 6.95. The summed E-state index contributed by atoms with van der Waals surface area (Å²) < 4.78 is 4.77. The Balaban J connectivity index is 2.26. The van der Waals surface area contributed by atoms with Crippen LogP contribution in [0.2, 0.25) is 0 Å². The molecule has 0 saturated heterocycles. The van der Waals surface area contributed by atoms with Gasteiger partial charge < -0.3 is 0 Å². The van der Waals surface area contributed by atoms with Crippen LogP contribution in [0.15, 0.2) is 10.7 Å². The van der Waals surface area contributed by atoms with Crippen LogP contribution in [0, 0.1) is 0 Å². The van der Waals surface area contributed by atoms with Crippen molar-refractivity contribution in [2.45, 2.75) is 25.2 Å². The van der Waals surface area contributed by atoms with E-state index in [2.05, 4.69) is 54.2 Å². The summed E-state index contributed by atoms with van der Waals surface area (Å²) in [6, 6.07) is 0. The smallest absolute Gasteiger partial charge is 0.0932 e. The van der Waals surface area contributed by atoms with Crippen molar-refractivity contribution >= 4 is 31.9 Å². The molecular weight excluding hydrogens is 350 g/mol. The lowest BCUT2D eigenvalue weighted by molar-refractivity contribution is 0.597. The molecule has 0 radical (unpaired) electrons. The minimum Gasteiger partial charge on any atom is -0.269 e. The monoisotopic (exact) mass is 361 g/mol. The topological polar surface area (TPSA) is 48.5 Å². The summed E-state index contributed by atoms with van der Waals surface area (Å²) in [5.41, 5.74) is 3.11. The quantitative estimate of drug-likeness (QED) is 0.784. The summed E-state index contributed by atoms with van der Waals surface area (Å²) in [6.45, 7) is 2.76. The molecule has 0 aromatic carbocycles. The van der Waals surface area contributed by atoms with Gasteiger partial charge in [0.25, 0.3) is 0 Å². The van der Waals surface area contributed by atoms with Gasteiger partial charge in [0.05, 0.1) is 28.1 Å². The first kappa shape index (κ1) is 12.8. The SMILES string of the molecule is CCc1nn(C)c(Cn2cc(CBr)nn2)c1Br. The first-order valence-electron chi connectivity index (χ1n) is 5.31. The summed E-state index contributed by atoms with van der Waals surface area (Å²) in [4.78, 5) is 0. The first-order valence-corrected chi connectivity index (χ1v) is 7.22. The molecule has 0 aliphatic rings. The highest BCUT2D eigenvalue weighted by atomic mass is 79.9. The van der Waals surface area contributed by atoms with Crippen LogP contribution in [0.4, 0.5) is 0 Å². The summed E-state index contributed by atoms with van der Waals surface area (Å²) in [6.07, 6.45) is 2.85. The molecule has 0 atom stereocenters. The molecule has 0 N–H and O–H groups in total. The van der Waals surface area contributed by atoms with Crippen LogP contribution in [0.3, 0.4) is 0 Å². The second-order valence-electron chi connectivity index (χ2n) is 3.73. The van der Waals surface area contributed by atoms with Crippen LogP contribution in [-0.2, 0) is 25.3 Å². The van der Waals surface area contributed by atoms with Crippen molar-refractivity contribution in [2.75, 3.05) is 0 Å². The van der Waals surface area contributed by atoms with Gasteiger partial charge in [0.2, 0.25) is 0 Å². The molecule has 2 rings (SSSR count). The van der Waals surface area contributed by atoms with Crippen molar-refractivity contribution in [3.05, 3.63) is 27.8 Å². The lowest BCUT2D eigenvalue weighted by atomic mass is 10.3. The fraction of sp³-hybridized carbons (Fsp3) is 0.500. The van der Waals surface area contributed by atoms with Crippen LogP contribution >= 0.6 is 31.9 Å². The van der Waals surface area contributed by atoms with Gasteiger partial charge in [0.15, 0.2) is 0 Å². The molecule has 0 bridgehead atoms. The molecule has 2 aromatic heterocycles. The van der Waals surface area contributed by atoms with E-state index in [1.54, 1.807) is 0 Å². The van der Waals surface area contributed by atoms with E-state index >= 15 is 0 Å². The number of rotatable bonds is 4. The van der Waals surface area contributed by atoms with Gasteiger partial charge in [0, 0.05) is 18.6 Å². The van der Waals surface area contributed by atoms with E-state index in [-0.39, 0.29) is 0 Å². The molecule has 0 saturated carbocycles. The van der Waals surface area contributed by atoms with E-state index in [9.17, 15) is 0 Å². The second kappa shape index (κ2) is 5.30. The van der Waals surface area contributed by atoms with E-state index in [1.165, 1.54) is 0 Å². The number of aryl methyl sites for hydroxylation is 2. The van der Waals surface area contributed by atoms with E-state index in [0.717, 1.165) is 33.3 Å². The van der Waals surface area contributed by atoms with Crippen LogP contribution in [0.5, 0.6) is 0 Å². The maximum atomic E-state index is 4.45. The zero-order valence-corrected chi connectivity index (χ0v) is 12.9. The highest BCUT2D eigenvalue weighted by Crippen LogP contribution is 2.22. The highest BCUT2D eigenvalue weighted by Gasteiger charge is 2.13. The lowest BCUT2D eigenvalue weighted by Gasteiger charge is -2.02. The Morgan fingerprint density at radius 1 is 1.41 bits per heavy atom. The number of hydrogen-bond donors (Lipinski definition) is 0. The zero-order valence-electron chi connectivity index (χ0n) is 9.69. The van der Waals surface area contributed by atoms with Crippen molar-refractivity contribution in [3.8, 4) is 0 Å². The van der Waals surface area contributed by atoms with Gasteiger partial charge in [-0.1, -0.05) is 28.1 Å². The van der Waals surface area contributed by atoms with Crippen molar-refractivity contribution < 1.29 is 0 Å². The fourth-order valence-electron chi connectivity index (χ4n) is 1.62. The minimum atomic E-state index is 0.671. The van der Waals surface area contributed by atoms with Gasteiger partial charge in [-0.2, -0.15) is 5.10 Å². The standard InChI is InChI=1S/C10H13Br2N5/c1-3-8-10(12)9(16(2)14-8)6-17-5-7(4-11)13-15-17/h5H,3-4,6H2,1-2H3. The zero-order chi connectivity index (χ0) is 12.4. The molecule has 0 aliphatic carbocycles. The average Bonchev–Trinajstić information content (AvgIpc) is 2.88. The highest BCUT2D eigenvalue weighted by molar-refractivity contribution is 9.10. The molecule has 17 heavy (non-hydrogen) atoms. The molecule has 7 heteroatoms. The van der Waals surface area contributed by atoms with E-state index in [1.807, 2.05) is 22.6 Å². The second-order valence-corrected chi connectivity index (χ2v) is 5.08. The maximum Gasteiger partial charge on any atom is 0.0932 e. The molecule has 0 unspecified atom stereocenters. The van der Waals surface area contributed by atoms with Crippen LogP contribution < -0.4 is 0 Å². The lowest BCUT2D eigenvalue weighted by Crippen LogP contribution is -2.06. The third-order valence-electron chi connectivity index (χ3n) is 2.54. The van der Waals surface area contributed by atoms with Gasteiger partial charge in [0.1, 0.15) is 0 Å². The van der Waals surface area contributed by atoms with Crippen molar-refractivity contribution in [1.82, 2.24) is 24.8 Å². The normalized spacial score (nSPS) is 11.1. The maximum absolute atomic E-state index is 4.45. The number of alkyl halides is 1. The van der Waals surface area contributed by atoms with Crippen molar-refractivity contribution in [2.24, 2.45) is 7.05 Å². The predicted molar refractivity (Wildman–Crippen MR) is 72.0 cm³/mol. The van der Waals surface area contributed by atoms with E-state index in [4.69, 9.17) is 0 Å². The summed E-state index contributed by atoms with van der Waals surface area (Å²) in [5, 5.41) is 13.3. The van der Waals surface area contributed by atoms with Gasteiger partial charge in [-0.3, -0.25) is 4.68 Å². The summed E-state index contributed by atoms with van der Waals surface area (Å²) in [5.74, 6) is 0. The molecule has 92 valence electrons. The van der Waals surface area contributed by atoms with Crippen molar-refractivity contribution in [3.63, 3.8) is 0 Å². The Morgan fingerprint density at radius 2 is 2.18 bits per heavy atom. The molecular formula is C10H13Br2N5. The molecule has 0 spiro atoms. The first-order chi connectivity index (χ1) is 8.15. The number of hydrogen-bond acceptors (Lipinski definition) is 3. The van der Waals surface area contributed by atoms with Crippen molar-refractivity contribution in [1.29, 1.82) is 0 Å². The largest absolute Gasteiger partial charge is 0.269 e. The predicted octanol–water partition coefficient (Wildman–Crippen LogP) is 2.28. The summed E-state index contributed by atoms with van der Waals surface area (Å²) in [7, 11) is 1.95. The van der Waals surface area contributed by atoms with Crippen LogP contribution in [0.1, 0.15) is 24.0 Å². The molecule has 0 amide bonds. The Hall–Kier alpha value is -0.690. The van der Waals surface area contributed by atoms with Gasteiger partial charge in [-0.15, -0.1) is 5.10 Å². The Morgan fingerprint density at radius 3 is 2.71 bits per heavy atom. The fourth-order valence-corrected chi connectivity index (χ4v) is 2.62. The third kappa shape index (κ3) is 2.60. The number of nitrogens with zero attached hydrogens (tertiary/aromatic N) is 5. The molecule has 2 heterocycles. The third-order valence-corrected chi connectivity index (χ3v) is 4.03. The number of aromatic nitrogens is 5. The molecule has 2 aromatic rings. The van der Waals surface area contributed by atoms with Gasteiger partial charge in [-0.05, 0) is 22.4 Å². The van der Waals surface area contributed by atoms with E-state index < -0.39 is 0 Å². The minimum absolute atomic E-state index is 0.671. The molecule has 5 nitrogen and oxygen atoms in total.